The van der Waals surface area contributed by atoms with Crippen LogP contribution in [0.15, 0.2) is 0 Å². The summed E-state index contributed by atoms with van der Waals surface area (Å²) in [6.07, 6.45) is -21.9. The van der Waals surface area contributed by atoms with Crippen LogP contribution in [0.4, 0.5) is 0 Å². The standard InChI is InChI=1S/C20H36O15/c1-6-10(23)13(26)17(7(3-21)31-6)34-20-16(29)14(27)18(8(4-22)32-20)35-19-15(28)12(25)11(24)9(33-19)5-30-2/h6-29H,3-5H2,1-2H3/t6-,7?,8?,9?,10?,11?,12?,13?,14?,15?,16?,17?,18?,19?,20?/m1/s1. The van der Waals surface area contributed by atoms with Crippen molar-refractivity contribution >= 4 is 0 Å². The molecule has 0 aliphatic carbocycles. The zero-order valence-electron chi connectivity index (χ0n) is 19.3. The summed E-state index contributed by atoms with van der Waals surface area (Å²) < 4.78 is 32.4. The largest absolute Gasteiger partial charge is 0.394 e. The second-order valence-corrected chi connectivity index (χ2v) is 8.92. The molecule has 15 heteroatoms. The van der Waals surface area contributed by atoms with E-state index in [-0.39, 0.29) is 6.61 Å². The van der Waals surface area contributed by atoms with Gasteiger partial charge in [0.05, 0.1) is 25.9 Å². The predicted octanol–water partition coefficient (Wildman–Crippen LogP) is -5.85. The number of hydrogen-bond acceptors (Lipinski definition) is 15. The SMILES string of the molecule is COCC1OC(OC2C(CO)OC(OC3C(CO)O[C@H](C)C(O)C3O)C(O)C2O)C(O)C(O)C1O. The lowest BCUT2D eigenvalue weighted by Crippen LogP contribution is -2.66. The molecule has 0 aromatic carbocycles. The van der Waals surface area contributed by atoms with E-state index in [0.29, 0.717) is 0 Å². The first-order chi connectivity index (χ1) is 16.5. The third-order valence-corrected chi connectivity index (χ3v) is 6.51. The van der Waals surface area contributed by atoms with Gasteiger partial charge in [-0.05, 0) is 6.92 Å². The topological polar surface area (TPSA) is 237 Å². The molecule has 0 aromatic heterocycles. The summed E-state index contributed by atoms with van der Waals surface area (Å²) in [7, 11) is 1.33. The molecule has 9 N–H and O–H groups in total. The lowest BCUT2D eigenvalue weighted by atomic mass is 9.94. The lowest BCUT2D eigenvalue weighted by molar-refractivity contribution is -0.372. The van der Waals surface area contributed by atoms with Gasteiger partial charge in [-0.3, -0.25) is 0 Å². The number of rotatable bonds is 8. The Hall–Kier alpha value is -0.600. The highest BCUT2D eigenvalue weighted by Gasteiger charge is 2.53. The average molecular weight is 516 g/mol. The summed E-state index contributed by atoms with van der Waals surface area (Å²) >= 11 is 0. The van der Waals surface area contributed by atoms with Crippen molar-refractivity contribution in [3.05, 3.63) is 0 Å². The molecule has 3 aliphatic rings. The minimum atomic E-state index is -1.82. The van der Waals surface area contributed by atoms with E-state index in [1.165, 1.54) is 14.0 Å². The van der Waals surface area contributed by atoms with Gasteiger partial charge in [0.25, 0.3) is 0 Å². The first kappa shape index (κ1) is 29.0. The molecule has 206 valence electrons. The van der Waals surface area contributed by atoms with Crippen molar-refractivity contribution < 1.29 is 74.4 Å². The second kappa shape index (κ2) is 12.3. The number of aliphatic hydroxyl groups is 9. The highest BCUT2D eigenvalue weighted by Crippen LogP contribution is 2.32. The predicted molar refractivity (Wildman–Crippen MR) is 109 cm³/mol. The summed E-state index contributed by atoms with van der Waals surface area (Å²) in [6, 6.07) is 0. The molecule has 0 amide bonds. The Morgan fingerprint density at radius 1 is 0.571 bits per heavy atom. The number of hydrogen-bond donors (Lipinski definition) is 9. The minimum absolute atomic E-state index is 0.154. The van der Waals surface area contributed by atoms with Crippen LogP contribution in [0.2, 0.25) is 0 Å². The van der Waals surface area contributed by atoms with Crippen LogP contribution in [0, 0.1) is 0 Å². The molecule has 0 aromatic rings. The molecule has 35 heavy (non-hydrogen) atoms. The molecule has 0 bridgehead atoms. The van der Waals surface area contributed by atoms with E-state index in [9.17, 15) is 46.0 Å². The van der Waals surface area contributed by atoms with E-state index >= 15 is 0 Å². The summed E-state index contributed by atoms with van der Waals surface area (Å²) in [6.45, 7) is -0.0104. The third-order valence-electron chi connectivity index (χ3n) is 6.51. The van der Waals surface area contributed by atoms with E-state index < -0.39 is 105 Å². The molecule has 14 unspecified atom stereocenters. The minimum Gasteiger partial charge on any atom is -0.394 e. The quantitative estimate of drug-likeness (QED) is 0.146. The third kappa shape index (κ3) is 5.95. The maximum atomic E-state index is 10.7. The number of aliphatic hydroxyl groups excluding tert-OH is 9. The Kier molecular flexibility index (Phi) is 10.2. The van der Waals surface area contributed by atoms with Crippen LogP contribution in [0.3, 0.4) is 0 Å². The van der Waals surface area contributed by atoms with Gasteiger partial charge in [-0.25, -0.2) is 0 Å². The molecule has 0 radical (unpaired) electrons. The van der Waals surface area contributed by atoms with Gasteiger partial charge in [0, 0.05) is 7.11 Å². The number of methoxy groups -OCH3 is 1. The van der Waals surface area contributed by atoms with Crippen molar-refractivity contribution in [3.8, 4) is 0 Å². The summed E-state index contributed by atoms with van der Waals surface area (Å²) in [5.41, 5.74) is 0. The van der Waals surface area contributed by atoms with Crippen LogP contribution >= 0.6 is 0 Å². The number of ether oxygens (including phenoxy) is 6. The Morgan fingerprint density at radius 2 is 1.03 bits per heavy atom. The van der Waals surface area contributed by atoms with Crippen LogP contribution in [0.25, 0.3) is 0 Å². The maximum Gasteiger partial charge on any atom is 0.187 e. The van der Waals surface area contributed by atoms with Crippen molar-refractivity contribution in [1.29, 1.82) is 0 Å². The Balaban J connectivity index is 1.72. The zero-order valence-corrected chi connectivity index (χ0v) is 19.3. The molecule has 3 aliphatic heterocycles. The second-order valence-electron chi connectivity index (χ2n) is 8.92. The van der Waals surface area contributed by atoms with E-state index in [2.05, 4.69) is 0 Å². The Morgan fingerprint density at radius 3 is 1.54 bits per heavy atom. The fourth-order valence-corrected chi connectivity index (χ4v) is 4.41. The van der Waals surface area contributed by atoms with Crippen molar-refractivity contribution in [2.75, 3.05) is 26.9 Å². The van der Waals surface area contributed by atoms with E-state index in [0.717, 1.165) is 0 Å². The zero-order chi connectivity index (χ0) is 26.0. The van der Waals surface area contributed by atoms with Gasteiger partial charge < -0.3 is 74.4 Å². The Bertz CT molecular complexity index is 652. The molecule has 3 saturated heterocycles. The molecule has 0 saturated carbocycles. The fourth-order valence-electron chi connectivity index (χ4n) is 4.41. The first-order valence-electron chi connectivity index (χ1n) is 11.3. The first-order valence-corrected chi connectivity index (χ1v) is 11.3. The van der Waals surface area contributed by atoms with Crippen LogP contribution < -0.4 is 0 Å². The van der Waals surface area contributed by atoms with Gasteiger partial charge in [0.2, 0.25) is 0 Å². The molecule has 3 heterocycles. The molecule has 15 atom stereocenters. The van der Waals surface area contributed by atoms with E-state index in [4.69, 9.17) is 28.4 Å². The van der Waals surface area contributed by atoms with Crippen molar-refractivity contribution in [2.45, 2.75) is 98.9 Å². The van der Waals surface area contributed by atoms with E-state index in [1.807, 2.05) is 0 Å². The monoisotopic (exact) mass is 516 g/mol. The van der Waals surface area contributed by atoms with Gasteiger partial charge in [-0.2, -0.15) is 0 Å². The van der Waals surface area contributed by atoms with Crippen molar-refractivity contribution in [1.82, 2.24) is 0 Å². The lowest BCUT2D eigenvalue weighted by Gasteiger charge is -2.48. The molecule has 0 spiro atoms. The van der Waals surface area contributed by atoms with Crippen LogP contribution in [0.1, 0.15) is 6.92 Å². The normalized spacial score (nSPS) is 51.3. The van der Waals surface area contributed by atoms with Crippen LogP contribution in [0.5, 0.6) is 0 Å². The van der Waals surface area contributed by atoms with Gasteiger partial charge in [-0.1, -0.05) is 0 Å². The summed E-state index contributed by atoms with van der Waals surface area (Å²) in [4.78, 5) is 0. The molecule has 3 rings (SSSR count). The van der Waals surface area contributed by atoms with Gasteiger partial charge >= 0.3 is 0 Å². The van der Waals surface area contributed by atoms with Crippen LogP contribution in [-0.2, 0) is 28.4 Å². The van der Waals surface area contributed by atoms with E-state index in [1.54, 1.807) is 0 Å². The molecular weight excluding hydrogens is 480 g/mol. The smallest absolute Gasteiger partial charge is 0.187 e. The Labute approximate surface area is 200 Å². The van der Waals surface area contributed by atoms with Crippen molar-refractivity contribution in [2.24, 2.45) is 0 Å². The average Bonchev–Trinajstić information content (AvgIpc) is 2.84. The van der Waals surface area contributed by atoms with Crippen LogP contribution in [-0.4, -0.2) is 165 Å². The summed E-state index contributed by atoms with van der Waals surface area (Å²) in [5.74, 6) is 0. The summed E-state index contributed by atoms with van der Waals surface area (Å²) in [5, 5.41) is 91.6. The fraction of sp³-hybridized carbons (Fsp3) is 1.00. The van der Waals surface area contributed by atoms with Gasteiger partial charge in [-0.15, -0.1) is 0 Å². The highest BCUT2D eigenvalue weighted by molar-refractivity contribution is 4.96. The maximum absolute atomic E-state index is 10.7. The van der Waals surface area contributed by atoms with Crippen molar-refractivity contribution in [3.63, 3.8) is 0 Å². The highest BCUT2D eigenvalue weighted by atomic mass is 16.7. The molecule has 15 nitrogen and oxygen atoms in total. The molecule has 3 fully saturated rings. The molecular formula is C20H36O15. The van der Waals surface area contributed by atoms with Gasteiger partial charge in [0.15, 0.2) is 12.6 Å². The van der Waals surface area contributed by atoms with Gasteiger partial charge in [0.1, 0.15) is 73.2 Å².